The van der Waals surface area contributed by atoms with Crippen molar-refractivity contribution in [3.05, 3.63) is 12.2 Å². The molecule has 0 aromatic heterocycles. The fraction of sp³-hybridized carbons (Fsp3) is 0.700. The Hall–Kier alpha value is -0.573. The van der Waals surface area contributed by atoms with Gasteiger partial charge in [-0.15, -0.1) is 11.7 Å². The van der Waals surface area contributed by atoms with Crippen molar-refractivity contribution in [1.82, 2.24) is 0 Å². The summed E-state index contributed by atoms with van der Waals surface area (Å²) in [6.45, 7) is 11.1. The Balaban J connectivity index is 3.52. The van der Waals surface area contributed by atoms with Gasteiger partial charge >= 0.3 is 0 Å². The van der Waals surface area contributed by atoms with Crippen LogP contribution in [0.4, 0.5) is 0 Å². The maximum Gasteiger partial charge on any atom is 0.0483 e. The molecular formula is C10H21NOSi. The minimum atomic E-state index is -0.971. The van der Waals surface area contributed by atoms with Crippen LogP contribution >= 0.6 is 0 Å². The van der Waals surface area contributed by atoms with Crippen LogP contribution in [-0.4, -0.2) is 19.5 Å². The first-order valence-corrected chi connectivity index (χ1v) is 8.49. The second-order valence-corrected chi connectivity index (χ2v) is 10.2. The normalized spacial score (nSPS) is 12.2. The predicted molar refractivity (Wildman–Crippen MR) is 61.4 cm³/mol. The molecule has 0 unspecified atom stereocenters. The van der Waals surface area contributed by atoms with Crippen LogP contribution in [0.1, 0.15) is 19.3 Å². The monoisotopic (exact) mass is 199 g/mol. The summed E-state index contributed by atoms with van der Waals surface area (Å²) in [5.41, 5.74) is 1.35. The van der Waals surface area contributed by atoms with Crippen molar-refractivity contribution in [2.24, 2.45) is 5.16 Å². The standard InChI is InChI=1S/C10H21NOSi/c1-10(9-13(2,3)4)7-5-6-8-11-12/h8,12H,1,5-7,9H2,2-4H3/b11-8+. The lowest BCUT2D eigenvalue weighted by atomic mass is 10.1. The van der Waals surface area contributed by atoms with Gasteiger partial charge in [-0.25, -0.2) is 0 Å². The van der Waals surface area contributed by atoms with Crippen LogP contribution in [0.2, 0.25) is 25.7 Å². The van der Waals surface area contributed by atoms with E-state index in [0.29, 0.717) is 0 Å². The van der Waals surface area contributed by atoms with E-state index in [1.54, 1.807) is 6.21 Å². The van der Waals surface area contributed by atoms with E-state index in [1.807, 2.05) is 0 Å². The molecule has 0 aliphatic carbocycles. The minimum absolute atomic E-state index is 0.848. The van der Waals surface area contributed by atoms with Gasteiger partial charge in [0.15, 0.2) is 0 Å². The quantitative estimate of drug-likeness (QED) is 0.174. The maximum absolute atomic E-state index is 8.17. The number of rotatable bonds is 6. The van der Waals surface area contributed by atoms with E-state index in [-0.39, 0.29) is 0 Å². The zero-order valence-corrected chi connectivity index (χ0v) is 10.0. The van der Waals surface area contributed by atoms with Crippen LogP contribution in [0.25, 0.3) is 0 Å². The van der Waals surface area contributed by atoms with E-state index < -0.39 is 8.07 Å². The zero-order valence-electron chi connectivity index (χ0n) is 9.01. The molecule has 0 rings (SSSR count). The molecule has 0 atom stereocenters. The van der Waals surface area contributed by atoms with Crippen molar-refractivity contribution in [1.29, 1.82) is 0 Å². The molecule has 0 spiro atoms. The van der Waals surface area contributed by atoms with Gasteiger partial charge in [0.25, 0.3) is 0 Å². The van der Waals surface area contributed by atoms with Crippen LogP contribution < -0.4 is 0 Å². The van der Waals surface area contributed by atoms with E-state index in [2.05, 4.69) is 31.4 Å². The van der Waals surface area contributed by atoms with Gasteiger partial charge in [0.1, 0.15) is 0 Å². The fourth-order valence-electron chi connectivity index (χ4n) is 1.34. The van der Waals surface area contributed by atoms with Gasteiger partial charge in [-0.05, 0) is 25.3 Å². The molecule has 0 aliphatic rings. The summed E-state index contributed by atoms with van der Waals surface area (Å²) in [5, 5.41) is 11.1. The van der Waals surface area contributed by atoms with Crippen molar-refractivity contribution < 1.29 is 5.21 Å². The van der Waals surface area contributed by atoms with Gasteiger partial charge in [-0.1, -0.05) is 25.2 Å². The summed E-state index contributed by atoms with van der Waals surface area (Å²) in [6, 6.07) is 1.21. The van der Waals surface area contributed by atoms with Crippen molar-refractivity contribution in [2.45, 2.75) is 44.9 Å². The Labute approximate surface area is 82.4 Å². The van der Waals surface area contributed by atoms with E-state index in [4.69, 9.17) is 5.21 Å². The highest BCUT2D eigenvalue weighted by Crippen LogP contribution is 2.18. The molecule has 2 nitrogen and oxygen atoms in total. The fourth-order valence-corrected chi connectivity index (χ4v) is 3.02. The van der Waals surface area contributed by atoms with Crippen molar-refractivity contribution in [3.8, 4) is 0 Å². The number of unbranched alkanes of at least 4 members (excludes halogenated alkanes) is 1. The molecule has 0 aliphatic heterocycles. The van der Waals surface area contributed by atoms with Crippen LogP contribution in [0.3, 0.4) is 0 Å². The van der Waals surface area contributed by atoms with Gasteiger partial charge in [0, 0.05) is 14.3 Å². The highest BCUT2D eigenvalue weighted by Gasteiger charge is 2.13. The number of allylic oxidation sites excluding steroid dienone is 1. The Morgan fingerprint density at radius 3 is 2.54 bits per heavy atom. The van der Waals surface area contributed by atoms with Crippen LogP contribution in [0.15, 0.2) is 17.3 Å². The van der Waals surface area contributed by atoms with Crippen molar-refractivity contribution in [2.75, 3.05) is 0 Å². The molecule has 76 valence electrons. The Kier molecular flexibility index (Phi) is 5.71. The summed E-state index contributed by atoms with van der Waals surface area (Å²) in [6.07, 6.45) is 4.51. The van der Waals surface area contributed by atoms with Gasteiger partial charge in [0.2, 0.25) is 0 Å². The van der Waals surface area contributed by atoms with E-state index >= 15 is 0 Å². The summed E-state index contributed by atoms with van der Waals surface area (Å²) in [7, 11) is -0.971. The molecular weight excluding hydrogens is 178 g/mol. The number of oxime groups is 1. The Morgan fingerprint density at radius 1 is 1.46 bits per heavy atom. The second-order valence-electron chi connectivity index (χ2n) is 4.68. The number of nitrogens with zero attached hydrogens (tertiary/aromatic N) is 1. The van der Waals surface area contributed by atoms with Gasteiger partial charge in [-0.3, -0.25) is 0 Å². The van der Waals surface area contributed by atoms with Crippen LogP contribution in [0, 0.1) is 0 Å². The molecule has 0 aromatic rings. The third kappa shape index (κ3) is 9.34. The summed E-state index contributed by atoms with van der Waals surface area (Å²) < 4.78 is 0. The van der Waals surface area contributed by atoms with E-state index in [9.17, 15) is 0 Å². The van der Waals surface area contributed by atoms with Crippen LogP contribution in [0.5, 0.6) is 0 Å². The lowest BCUT2D eigenvalue weighted by Crippen LogP contribution is -2.19. The lowest BCUT2D eigenvalue weighted by Gasteiger charge is -2.17. The highest BCUT2D eigenvalue weighted by molar-refractivity contribution is 6.76. The Morgan fingerprint density at radius 2 is 2.08 bits per heavy atom. The smallest absolute Gasteiger partial charge is 0.0483 e. The van der Waals surface area contributed by atoms with E-state index in [1.165, 1.54) is 11.6 Å². The molecule has 0 heterocycles. The first kappa shape index (κ1) is 12.4. The molecule has 0 saturated heterocycles. The molecule has 0 bridgehead atoms. The largest absolute Gasteiger partial charge is 0.411 e. The third-order valence-electron chi connectivity index (χ3n) is 1.73. The highest BCUT2D eigenvalue weighted by atomic mass is 28.3. The minimum Gasteiger partial charge on any atom is -0.411 e. The molecule has 0 saturated carbocycles. The summed E-state index contributed by atoms with van der Waals surface area (Å²) in [5.74, 6) is 0. The molecule has 0 radical (unpaired) electrons. The molecule has 13 heavy (non-hydrogen) atoms. The topological polar surface area (TPSA) is 32.6 Å². The molecule has 1 N–H and O–H groups in total. The third-order valence-corrected chi connectivity index (χ3v) is 3.29. The Bertz CT molecular complexity index is 182. The number of hydrogen-bond acceptors (Lipinski definition) is 2. The van der Waals surface area contributed by atoms with Gasteiger partial charge in [-0.2, -0.15) is 0 Å². The average Bonchev–Trinajstić information content (AvgIpc) is 1.94. The summed E-state index contributed by atoms with van der Waals surface area (Å²) >= 11 is 0. The zero-order chi connectivity index (χ0) is 10.3. The van der Waals surface area contributed by atoms with Crippen molar-refractivity contribution in [3.63, 3.8) is 0 Å². The van der Waals surface area contributed by atoms with Crippen LogP contribution in [-0.2, 0) is 0 Å². The maximum atomic E-state index is 8.17. The number of hydrogen-bond donors (Lipinski definition) is 1. The average molecular weight is 199 g/mol. The van der Waals surface area contributed by atoms with Gasteiger partial charge in [0.05, 0.1) is 0 Å². The second kappa shape index (κ2) is 5.97. The first-order valence-electron chi connectivity index (χ1n) is 4.78. The van der Waals surface area contributed by atoms with Crippen molar-refractivity contribution >= 4 is 14.3 Å². The molecule has 3 heteroatoms. The lowest BCUT2D eigenvalue weighted by molar-refractivity contribution is 0.320. The predicted octanol–water partition coefficient (Wildman–Crippen LogP) is 3.51. The first-order chi connectivity index (χ1) is 5.95. The van der Waals surface area contributed by atoms with Gasteiger partial charge < -0.3 is 5.21 Å². The summed E-state index contributed by atoms with van der Waals surface area (Å²) in [4.78, 5) is 0. The SMILES string of the molecule is C=C(CCC/C=N/O)C[Si](C)(C)C. The molecule has 0 aromatic carbocycles. The van der Waals surface area contributed by atoms with E-state index in [0.717, 1.165) is 19.3 Å². The molecule has 0 amide bonds. The molecule has 0 fully saturated rings.